The maximum Gasteiger partial charge on any atom is 0.259 e. The molecule has 0 aliphatic heterocycles. The van der Waals surface area contributed by atoms with Gasteiger partial charge in [0.25, 0.3) is 5.91 Å². The molecule has 0 fully saturated rings. The quantitative estimate of drug-likeness (QED) is 0.443. The maximum absolute atomic E-state index is 12.0. The summed E-state index contributed by atoms with van der Waals surface area (Å²) in [6.45, 7) is 2.37. The van der Waals surface area contributed by atoms with Crippen molar-refractivity contribution in [2.75, 3.05) is 18.5 Å². The molecule has 3 aromatic carbocycles. The van der Waals surface area contributed by atoms with Gasteiger partial charge >= 0.3 is 0 Å². The van der Waals surface area contributed by atoms with E-state index in [1.54, 1.807) is 18.2 Å². The highest BCUT2D eigenvalue weighted by molar-refractivity contribution is 5.95. The number of hydrazone groups is 1. The van der Waals surface area contributed by atoms with Gasteiger partial charge in [-0.05, 0) is 30.5 Å². The molecule has 6 heteroatoms. The third-order valence-electron chi connectivity index (χ3n) is 3.95. The normalized spacial score (nSPS) is 10.9. The zero-order valence-corrected chi connectivity index (χ0v) is 15.0. The summed E-state index contributed by atoms with van der Waals surface area (Å²) in [6.07, 6.45) is 1.38. The van der Waals surface area contributed by atoms with Crippen molar-refractivity contribution >= 4 is 28.6 Å². The predicted molar refractivity (Wildman–Crippen MR) is 107 cm³/mol. The lowest BCUT2D eigenvalue weighted by molar-refractivity contribution is -0.119. The van der Waals surface area contributed by atoms with Crippen LogP contribution < -0.4 is 15.5 Å². The van der Waals surface area contributed by atoms with Crippen molar-refractivity contribution in [1.29, 1.82) is 0 Å². The Labute approximate surface area is 157 Å². The molecule has 0 radical (unpaired) electrons. The van der Waals surface area contributed by atoms with Gasteiger partial charge in [0.1, 0.15) is 0 Å². The number of anilines is 1. The smallest absolute Gasteiger partial charge is 0.259 e. The van der Waals surface area contributed by atoms with Crippen molar-refractivity contribution in [2.24, 2.45) is 5.10 Å². The van der Waals surface area contributed by atoms with E-state index in [1.165, 1.54) is 6.21 Å². The van der Waals surface area contributed by atoms with Gasteiger partial charge in [0.2, 0.25) is 0 Å². The van der Waals surface area contributed by atoms with E-state index < -0.39 is 0 Å². The SMILES string of the molecule is CCOc1cccc(/C=N\NC(=O)CNc2cccc3ccccc23)c1O. The minimum absolute atomic E-state index is 0.00812. The van der Waals surface area contributed by atoms with Crippen LogP contribution in [0.25, 0.3) is 10.8 Å². The highest BCUT2D eigenvalue weighted by Gasteiger charge is 2.06. The van der Waals surface area contributed by atoms with Gasteiger partial charge in [0, 0.05) is 16.6 Å². The first-order valence-electron chi connectivity index (χ1n) is 8.67. The molecule has 0 aliphatic rings. The number of ether oxygens (including phenoxy) is 1. The lowest BCUT2D eigenvalue weighted by Crippen LogP contribution is -2.25. The molecule has 27 heavy (non-hydrogen) atoms. The van der Waals surface area contributed by atoms with Gasteiger partial charge in [0.05, 0.1) is 19.4 Å². The summed E-state index contributed by atoms with van der Waals surface area (Å²) in [4.78, 5) is 12.0. The Hall–Kier alpha value is -3.54. The molecular weight excluding hydrogens is 342 g/mol. The summed E-state index contributed by atoms with van der Waals surface area (Å²) in [5, 5.41) is 19.3. The van der Waals surface area contributed by atoms with Crippen molar-refractivity contribution in [3.8, 4) is 11.5 Å². The highest BCUT2D eigenvalue weighted by Crippen LogP contribution is 2.28. The van der Waals surface area contributed by atoms with E-state index in [9.17, 15) is 9.90 Å². The molecule has 3 N–H and O–H groups in total. The van der Waals surface area contributed by atoms with E-state index in [1.807, 2.05) is 49.4 Å². The minimum Gasteiger partial charge on any atom is -0.504 e. The number of para-hydroxylation sites is 1. The minimum atomic E-state index is -0.292. The van der Waals surface area contributed by atoms with E-state index in [0.717, 1.165) is 16.5 Å². The number of phenols is 1. The standard InChI is InChI=1S/C21H21N3O3/c1-2-27-19-12-6-9-16(21(19)26)13-23-24-20(25)14-22-18-11-5-8-15-7-3-4-10-17(15)18/h3-13,22,26H,2,14H2,1H3,(H,24,25)/b23-13-. The van der Waals surface area contributed by atoms with Crippen LogP contribution in [0.3, 0.4) is 0 Å². The summed E-state index contributed by atoms with van der Waals surface area (Å²) < 4.78 is 5.32. The number of amides is 1. The predicted octanol–water partition coefficient (Wildman–Crippen LogP) is 3.51. The summed E-state index contributed by atoms with van der Waals surface area (Å²) in [6, 6.07) is 18.9. The van der Waals surface area contributed by atoms with Gasteiger partial charge < -0.3 is 15.2 Å². The van der Waals surface area contributed by atoms with E-state index in [4.69, 9.17) is 4.74 Å². The average molecular weight is 363 g/mol. The molecule has 0 bridgehead atoms. The number of carbonyl (C=O) groups is 1. The second-order valence-corrected chi connectivity index (χ2v) is 5.80. The number of aromatic hydroxyl groups is 1. The Morgan fingerprint density at radius 2 is 1.89 bits per heavy atom. The van der Waals surface area contributed by atoms with Gasteiger partial charge in [-0.15, -0.1) is 0 Å². The van der Waals surface area contributed by atoms with Crippen molar-refractivity contribution in [3.63, 3.8) is 0 Å². The number of hydrogen-bond donors (Lipinski definition) is 3. The number of fused-ring (bicyclic) bond motifs is 1. The van der Waals surface area contributed by atoms with Gasteiger partial charge in [-0.1, -0.05) is 42.5 Å². The molecule has 3 aromatic rings. The first kappa shape index (κ1) is 18.3. The number of carbonyl (C=O) groups excluding carboxylic acids is 1. The Balaban J connectivity index is 1.58. The Morgan fingerprint density at radius 3 is 2.74 bits per heavy atom. The molecule has 0 spiro atoms. The lowest BCUT2D eigenvalue weighted by atomic mass is 10.1. The number of rotatable bonds is 7. The van der Waals surface area contributed by atoms with Crippen molar-refractivity contribution < 1.29 is 14.6 Å². The van der Waals surface area contributed by atoms with Gasteiger partial charge in [-0.25, -0.2) is 5.43 Å². The van der Waals surface area contributed by atoms with E-state index in [0.29, 0.717) is 17.9 Å². The fourth-order valence-corrected chi connectivity index (χ4v) is 2.68. The summed E-state index contributed by atoms with van der Waals surface area (Å²) in [7, 11) is 0. The zero-order chi connectivity index (χ0) is 19.1. The van der Waals surface area contributed by atoms with E-state index >= 15 is 0 Å². The number of phenolic OH excluding ortho intramolecular Hbond substituents is 1. The summed E-state index contributed by atoms with van der Waals surface area (Å²) in [5.74, 6) is 0.0799. The van der Waals surface area contributed by atoms with E-state index in [-0.39, 0.29) is 18.2 Å². The van der Waals surface area contributed by atoms with Crippen LogP contribution in [0.15, 0.2) is 65.8 Å². The Kier molecular flexibility index (Phi) is 5.89. The number of benzene rings is 3. The fraction of sp³-hybridized carbons (Fsp3) is 0.143. The molecule has 0 heterocycles. The number of nitrogens with zero attached hydrogens (tertiary/aromatic N) is 1. The third kappa shape index (κ3) is 4.55. The van der Waals surface area contributed by atoms with Crippen molar-refractivity contribution in [2.45, 2.75) is 6.92 Å². The number of nitrogens with one attached hydrogen (secondary N) is 2. The molecule has 0 saturated carbocycles. The van der Waals surface area contributed by atoms with Gasteiger partial charge in [-0.2, -0.15) is 5.10 Å². The van der Waals surface area contributed by atoms with Crippen LogP contribution >= 0.6 is 0 Å². The average Bonchev–Trinajstić information content (AvgIpc) is 2.69. The highest BCUT2D eigenvalue weighted by atomic mass is 16.5. The van der Waals surface area contributed by atoms with Crippen LogP contribution in [0, 0.1) is 0 Å². The van der Waals surface area contributed by atoms with Gasteiger partial charge in [0.15, 0.2) is 11.5 Å². The topological polar surface area (TPSA) is 83.0 Å². The Bertz CT molecular complexity index is 965. The lowest BCUT2D eigenvalue weighted by Gasteiger charge is -2.09. The van der Waals surface area contributed by atoms with Crippen LogP contribution in [0.4, 0.5) is 5.69 Å². The molecule has 0 unspecified atom stereocenters. The summed E-state index contributed by atoms with van der Waals surface area (Å²) in [5.41, 5.74) is 3.79. The summed E-state index contributed by atoms with van der Waals surface area (Å²) >= 11 is 0. The van der Waals surface area contributed by atoms with Crippen LogP contribution in [-0.4, -0.2) is 30.4 Å². The molecule has 0 aliphatic carbocycles. The molecule has 0 aromatic heterocycles. The third-order valence-corrected chi connectivity index (χ3v) is 3.95. The van der Waals surface area contributed by atoms with Gasteiger partial charge in [-0.3, -0.25) is 4.79 Å². The van der Waals surface area contributed by atoms with Crippen molar-refractivity contribution in [3.05, 3.63) is 66.2 Å². The second-order valence-electron chi connectivity index (χ2n) is 5.80. The van der Waals surface area contributed by atoms with Crippen LogP contribution in [0.2, 0.25) is 0 Å². The second kappa shape index (κ2) is 8.71. The Morgan fingerprint density at radius 1 is 1.11 bits per heavy atom. The molecule has 138 valence electrons. The van der Waals surface area contributed by atoms with E-state index in [2.05, 4.69) is 15.8 Å². The van der Waals surface area contributed by atoms with Crippen LogP contribution in [0.5, 0.6) is 11.5 Å². The number of hydrogen-bond acceptors (Lipinski definition) is 5. The monoisotopic (exact) mass is 363 g/mol. The van der Waals surface area contributed by atoms with Crippen molar-refractivity contribution in [1.82, 2.24) is 5.43 Å². The first-order chi connectivity index (χ1) is 13.2. The zero-order valence-electron chi connectivity index (χ0n) is 15.0. The molecule has 6 nitrogen and oxygen atoms in total. The molecule has 3 rings (SSSR count). The van der Waals surface area contributed by atoms with Crippen LogP contribution in [-0.2, 0) is 4.79 Å². The molecule has 0 atom stereocenters. The molecule has 1 amide bonds. The fourth-order valence-electron chi connectivity index (χ4n) is 2.68. The largest absolute Gasteiger partial charge is 0.504 e. The molecule has 0 saturated heterocycles. The maximum atomic E-state index is 12.0. The molecular formula is C21H21N3O3. The van der Waals surface area contributed by atoms with Crippen LogP contribution in [0.1, 0.15) is 12.5 Å². The first-order valence-corrected chi connectivity index (χ1v) is 8.67.